The smallest absolute Gasteiger partial charge is 0.271 e. The molecule has 2 bridgehead atoms. The summed E-state index contributed by atoms with van der Waals surface area (Å²) in [6.45, 7) is 2.98. The van der Waals surface area contributed by atoms with E-state index in [0.29, 0.717) is 21.3 Å². The van der Waals surface area contributed by atoms with Gasteiger partial charge in [0.25, 0.3) is 5.91 Å². The summed E-state index contributed by atoms with van der Waals surface area (Å²) in [5.74, 6) is -0.589. The van der Waals surface area contributed by atoms with Gasteiger partial charge in [0.2, 0.25) is 0 Å². The van der Waals surface area contributed by atoms with E-state index in [1.54, 1.807) is 18.4 Å². The first-order valence-electron chi connectivity index (χ1n) is 11.8. The van der Waals surface area contributed by atoms with Crippen molar-refractivity contribution < 1.29 is 23.5 Å². The number of carbonyl (C=O) groups excluding carboxylic acids is 1. The minimum Gasteiger partial charge on any atom is -0.488 e. The molecule has 3 fully saturated rings. The highest BCUT2D eigenvalue weighted by molar-refractivity contribution is 7.96. The van der Waals surface area contributed by atoms with Crippen molar-refractivity contribution in [2.75, 3.05) is 12.8 Å². The molecule has 4 atom stereocenters. The van der Waals surface area contributed by atoms with E-state index in [1.807, 2.05) is 0 Å². The average molecular weight is 524 g/mol. The number of carbonyl (C=O) groups is 1. The van der Waals surface area contributed by atoms with Crippen LogP contribution in [-0.2, 0) is 0 Å². The van der Waals surface area contributed by atoms with Crippen LogP contribution in [-0.4, -0.2) is 45.5 Å². The number of likely N-dealkylation sites (tertiary alicyclic amines) is 1. The molecule has 3 aliphatic rings. The van der Waals surface area contributed by atoms with Gasteiger partial charge >= 0.3 is 0 Å². The molecule has 5 rings (SSSR count). The fraction of sp³-hybridized carbons (Fsp3) is 0.480. The van der Waals surface area contributed by atoms with E-state index in [-0.39, 0.29) is 35.5 Å². The van der Waals surface area contributed by atoms with Crippen molar-refractivity contribution in [3.8, 4) is 5.75 Å². The maximum absolute atomic E-state index is 15.0. The highest BCUT2D eigenvalue weighted by atomic mass is 35.5. The van der Waals surface area contributed by atoms with Crippen molar-refractivity contribution in [2.45, 2.75) is 56.7 Å². The van der Waals surface area contributed by atoms with Crippen LogP contribution >= 0.6 is 23.5 Å². The largest absolute Gasteiger partial charge is 0.488 e. The highest BCUT2D eigenvalue weighted by Crippen LogP contribution is 2.48. The third kappa shape index (κ3) is 5.02. The van der Waals surface area contributed by atoms with E-state index < -0.39 is 11.7 Å². The molecule has 2 unspecified atom stereocenters. The van der Waals surface area contributed by atoms with Gasteiger partial charge in [0.1, 0.15) is 23.5 Å². The number of hydrazine groups is 1. The minimum atomic E-state index is -0.719. The Hall–Kier alpha value is -1.91. The van der Waals surface area contributed by atoms with Crippen LogP contribution in [0.2, 0.25) is 5.02 Å². The van der Waals surface area contributed by atoms with Gasteiger partial charge in [-0.25, -0.2) is 8.78 Å². The van der Waals surface area contributed by atoms with Crippen LogP contribution in [0.15, 0.2) is 30.3 Å². The first-order chi connectivity index (χ1) is 16.7. The maximum Gasteiger partial charge on any atom is 0.271 e. The van der Waals surface area contributed by atoms with Gasteiger partial charge in [-0.3, -0.25) is 20.3 Å². The van der Waals surface area contributed by atoms with Gasteiger partial charge in [-0.2, -0.15) is 0 Å². The topological polar surface area (TPSA) is 65.0 Å². The highest BCUT2D eigenvalue weighted by Gasteiger charge is 2.48. The number of piperidine rings is 1. The number of rotatable bonds is 8. The summed E-state index contributed by atoms with van der Waals surface area (Å²) in [4.78, 5) is 14.8. The fourth-order valence-corrected chi connectivity index (χ4v) is 6.01. The molecule has 0 aromatic heterocycles. The zero-order valence-electron chi connectivity index (χ0n) is 19.5. The van der Waals surface area contributed by atoms with Crippen LogP contribution in [0.25, 0.3) is 0 Å². The molecule has 1 amide bonds. The predicted octanol–water partition coefficient (Wildman–Crippen LogP) is 5.71. The number of amides is 1. The molecule has 0 radical (unpaired) electrons. The zero-order chi connectivity index (χ0) is 24.9. The van der Waals surface area contributed by atoms with E-state index in [1.165, 1.54) is 18.2 Å². The van der Waals surface area contributed by atoms with Crippen molar-refractivity contribution in [2.24, 2.45) is 5.92 Å². The van der Waals surface area contributed by atoms with Gasteiger partial charge in [-0.1, -0.05) is 17.7 Å². The number of halogens is 3. The molecule has 6 nitrogen and oxygen atoms in total. The summed E-state index contributed by atoms with van der Waals surface area (Å²) in [6, 6.07) is 7.49. The first kappa shape index (κ1) is 24.8. The molecule has 10 heteroatoms. The SMILES string of the molecule is CSN(O)NC(=O)c1cc(C2CC2)c(OC2CC3C[C@H]2N([C@H](C)c2ccc(F)cc2Cl)C3)cc1F. The molecule has 1 saturated heterocycles. The number of nitrogens with zero attached hydrogens (tertiary/aromatic N) is 2. The Balaban J connectivity index is 1.36. The van der Waals surface area contributed by atoms with Crippen molar-refractivity contribution in [3.05, 3.63) is 63.7 Å². The molecule has 35 heavy (non-hydrogen) atoms. The van der Waals surface area contributed by atoms with Gasteiger partial charge in [0, 0.05) is 36.0 Å². The van der Waals surface area contributed by atoms with Crippen LogP contribution in [0.4, 0.5) is 8.78 Å². The molecule has 2 saturated carbocycles. The second-order valence-corrected chi connectivity index (χ2v) is 10.8. The van der Waals surface area contributed by atoms with Gasteiger partial charge in [-0.15, -0.1) is 0 Å². The average Bonchev–Trinajstić information content (AvgIpc) is 3.47. The van der Waals surface area contributed by atoms with E-state index >= 15 is 0 Å². The zero-order valence-corrected chi connectivity index (χ0v) is 21.1. The predicted molar refractivity (Wildman–Crippen MR) is 130 cm³/mol. The number of nitrogens with one attached hydrogen (secondary N) is 1. The normalized spacial score (nSPS) is 24.7. The standard InChI is InChI=1S/C25H28ClF2N3O3S/c1-13(17-6-5-16(27)9-20(17)26)30-12-14-7-22(30)24(8-14)34-23-11-21(28)19(10-18(23)15-3-4-15)25(32)29-31(33)35-2/h5-6,9-11,13-15,22,24,33H,3-4,7-8,12H2,1-2H3,(H,29,32)/t13-,14?,22-,24?/m1/s1. The monoisotopic (exact) mass is 523 g/mol. The van der Waals surface area contributed by atoms with Crippen LogP contribution in [0, 0.1) is 17.6 Å². The summed E-state index contributed by atoms with van der Waals surface area (Å²) in [7, 11) is 0. The number of ether oxygens (including phenoxy) is 1. The first-order valence-corrected chi connectivity index (χ1v) is 13.4. The molecule has 1 aliphatic heterocycles. The van der Waals surface area contributed by atoms with Crippen LogP contribution in [0.1, 0.15) is 66.1 Å². The number of hydrogen-bond donors (Lipinski definition) is 2. The Morgan fingerprint density at radius 2 is 2.06 bits per heavy atom. The molecule has 2 N–H and O–H groups in total. The third-order valence-electron chi connectivity index (χ3n) is 7.38. The van der Waals surface area contributed by atoms with Crippen molar-refractivity contribution >= 4 is 29.5 Å². The van der Waals surface area contributed by atoms with Crippen LogP contribution in [0.5, 0.6) is 5.75 Å². The van der Waals surface area contributed by atoms with Gasteiger partial charge in [0.15, 0.2) is 0 Å². The Morgan fingerprint density at radius 1 is 1.29 bits per heavy atom. The molecular formula is C25H28ClF2N3O3S. The van der Waals surface area contributed by atoms with Gasteiger partial charge < -0.3 is 4.74 Å². The van der Waals surface area contributed by atoms with Crippen LogP contribution < -0.4 is 10.2 Å². The second-order valence-electron chi connectivity index (χ2n) is 9.64. The number of hydrogen-bond acceptors (Lipinski definition) is 6. The Kier molecular flexibility index (Phi) is 6.98. The van der Waals surface area contributed by atoms with Crippen molar-refractivity contribution in [1.82, 2.24) is 14.9 Å². The van der Waals surface area contributed by atoms with E-state index in [0.717, 1.165) is 55.3 Å². The lowest BCUT2D eigenvalue weighted by atomic mass is 10.0. The Bertz CT molecular complexity index is 1140. The quantitative estimate of drug-likeness (QED) is 0.341. The minimum absolute atomic E-state index is 0.00641. The van der Waals surface area contributed by atoms with Gasteiger partial charge in [0.05, 0.1) is 5.56 Å². The Morgan fingerprint density at radius 3 is 2.71 bits per heavy atom. The number of fused-ring (bicyclic) bond motifs is 2. The van der Waals surface area contributed by atoms with Crippen molar-refractivity contribution in [3.63, 3.8) is 0 Å². The number of benzene rings is 2. The molecule has 2 aromatic carbocycles. The van der Waals surface area contributed by atoms with E-state index in [4.69, 9.17) is 16.3 Å². The van der Waals surface area contributed by atoms with Crippen LogP contribution in [0.3, 0.4) is 0 Å². The Labute approximate surface area is 212 Å². The molecular weight excluding hydrogens is 496 g/mol. The molecule has 2 aromatic rings. The molecule has 2 aliphatic carbocycles. The van der Waals surface area contributed by atoms with Gasteiger partial charge in [-0.05, 0) is 90.3 Å². The molecule has 188 valence electrons. The molecule has 0 spiro atoms. The summed E-state index contributed by atoms with van der Waals surface area (Å²) < 4.78 is 35.5. The summed E-state index contributed by atoms with van der Waals surface area (Å²) in [5.41, 5.74) is 3.80. The summed E-state index contributed by atoms with van der Waals surface area (Å²) in [5, 5.41) is 9.95. The third-order valence-corrected chi connectivity index (χ3v) is 8.15. The lowest BCUT2D eigenvalue weighted by Gasteiger charge is -2.38. The lowest BCUT2D eigenvalue weighted by Crippen LogP contribution is -2.45. The molecule has 1 heterocycles. The lowest BCUT2D eigenvalue weighted by molar-refractivity contribution is -0.0242. The fourth-order valence-electron chi connectivity index (χ4n) is 5.51. The van der Waals surface area contributed by atoms with E-state index in [9.17, 15) is 18.8 Å². The second kappa shape index (κ2) is 9.86. The van der Waals surface area contributed by atoms with Crippen molar-refractivity contribution in [1.29, 1.82) is 0 Å². The van der Waals surface area contributed by atoms with E-state index in [2.05, 4.69) is 17.2 Å². The summed E-state index contributed by atoms with van der Waals surface area (Å²) in [6.07, 6.45) is 5.25. The maximum atomic E-state index is 15.0. The summed E-state index contributed by atoms with van der Waals surface area (Å²) >= 11 is 7.23.